The fourth-order valence-electron chi connectivity index (χ4n) is 4.21. The van der Waals surface area contributed by atoms with E-state index in [1.54, 1.807) is 37.4 Å². The number of hydrogen-bond acceptors (Lipinski definition) is 9. The van der Waals surface area contributed by atoms with E-state index in [9.17, 15) is 10.1 Å². The minimum atomic E-state index is -0.443. The van der Waals surface area contributed by atoms with Crippen molar-refractivity contribution in [1.82, 2.24) is 34.8 Å². The molecule has 0 unspecified atom stereocenters. The molecule has 5 rings (SSSR count). The molecule has 0 spiro atoms. The Balaban J connectivity index is 1.42. The summed E-state index contributed by atoms with van der Waals surface area (Å²) in [6, 6.07) is 9.92. The Bertz CT molecular complexity index is 1460. The molecule has 1 aliphatic carbocycles. The predicted molar refractivity (Wildman–Crippen MR) is 130 cm³/mol. The first kappa shape index (κ1) is 23.2. The van der Waals surface area contributed by atoms with Gasteiger partial charge in [0, 0.05) is 25.9 Å². The van der Waals surface area contributed by atoms with Gasteiger partial charge in [-0.05, 0) is 31.2 Å². The summed E-state index contributed by atoms with van der Waals surface area (Å²) in [6.07, 6.45) is 7.05. The number of nitrogen functional groups attached to an aromatic ring is 1. The van der Waals surface area contributed by atoms with Crippen molar-refractivity contribution in [2.45, 2.75) is 31.7 Å². The first-order chi connectivity index (χ1) is 17.3. The first-order valence-corrected chi connectivity index (χ1v) is 11.5. The summed E-state index contributed by atoms with van der Waals surface area (Å²) in [4.78, 5) is 26.6. The minimum absolute atomic E-state index is 0.0607. The van der Waals surface area contributed by atoms with Crippen molar-refractivity contribution < 1.29 is 9.32 Å². The van der Waals surface area contributed by atoms with Crippen LogP contribution in [0.3, 0.4) is 0 Å². The van der Waals surface area contributed by atoms with Crippen molar-refractivity contribution >= 4 is 11.7 Å². The molecule has 182 valence electrons. The number of amides is 1. The second kappa shape index (κ2) is 8.88. The quantitative estimate of drug-likeness (QED) is 0.418. The van der Waals surface area contributed by atoms with Gasteiger partial charge in [0.25, 0.3) is 5.89 Å². The van der Waals surface area contributed by atoms with Crippen LogP contribution in [-0.2, 0) is 16.8 Å². The summed E-state index contributed by atoms with van der Waals surface area (Å²) in [5.74, 6) is 1.40. The van der Waals surface area contributed by atoms with E-state index in [1.165, 1.54) is 4.90 Å². The van der Waals surface area contributed by atoms with E-state index >= 15 is 0 Å². The Kier molecular flexibility index (Phi) is 5.72. The number of aromatic nitrogens is 6. The molecule has 1 fully saturated rings. The monoisotopic (exact) mass is 483 g/mol. The zero-order valence-corrected chi connectivity index (χ0v) is 20.2. The van der Waals surface area contributed by atoms with Gasteiger partial charge in [-0.25, -0.2) is 9.97 Å². The SMILES string of the molecule is CN(C)C(=O)Cn1cc(-c2nc([C@@](C)(c3ccc(-c4cnc(N)c(C#N)n4)cc3)C3CC3)no2)cn1. The Labute approximate surface area is 207 Å². The molecule has 1 saturated carbocycles. The molecule has 3 heterocycles. The third-order valence-electron chi connectivity index (χ3n) is 6.65. The molecule has 36 heavy (non-hydrogen) atoms. The lowest BCUT2D eigenvalue weighted by Crippen LogP contribution is -2.28. The lowest BCUT2D eigenvalue weighted by Gasteiger charge is -2.26. The summed E-state index contributed by atoms with van der Waals surface area (Å²) in [6.45, 7) is 2.26. The number of benzene rings is 1. The number of nitriles is 1. The Morgan fingerprint density at radius 2 is 1.97 bits per heavy atom. The van der Waals surface area contributed by atoms with Crippen molar-refractivity contribution in [3.05, 3.63) is 59.9 Å². The summed E-state index contributed by atoms with van der Waals surface area (Å²) < 4.78 is 7.18. The number of likely N-dealkylation sites (N-methyl/N-ethyl adjacent to an activating group) is 1. The number of nitrogens with zero attached hydrogens (tertiary/aromatic N) is 8. The van der Waals surface area contributed by atoms with Crippen LogP contribution in [0.5, 0.6) is 0 Å². The average Bonchev–Trinajstić information content (AvgIpc) is 3.44. The van der Waals surface area contributed by atoms with Crippen LogP contribution in [0.25, 0.3) is 22.7 Å². The third-order valence-corrected chi connectivity index (χ3v) is 6.65. The van der Waals surface area contributed by atoms with E-state index in [0.717, 1.165) is 24.0 Å². The fraction of sp³-hybridized carbons (Fsp3) is 0.320. The zero-order chi connectivity index (χ0) is 25.4. The Morgan fingerprint density at radius 1 is 1.22 bits per heavy atom. The van der Waals surface area contributed by atoms with Crippen molar-refractivity contribution in [3.63, 3.8) is 0 Å². The highest BCUT2D eigenvalue weighted by atomic mass is 16.5. The largest absolute Gasteiger partial charge is 0.381 e. The van der Waals surface area contributed by atoms with E-state index < -0.39 is 5.41 Å². The number of carbonyl (C=O) groups is 1. The van der Waals surface area contributed by atoms with E-state index in [4.69, 9.17) is 15.2 Å². The fourth-order valence-corrected chi connectivity index (χ4v) is 4.21. The molecule has 1 aromatic carbocycles. The molecule has 3 aromatic heterocycles. The molecule has 1 amide bonds. The molecule has 11 nitrogen and oxygen atoms in total. The second-order valence-corrected chi connectivity index (χ2v) is 9.29. The standard InChI is InChI=1S/C25H25N9O2/c1-25(18-8-9-18,17-6-4-15(5-7-17)20-12-28-22(27)19(10-26)30-20)24-31-23(36-32-24)16-11-29-34(13-16)14-21(35)33(2)3/h4-7,11-13,18H,8-9,14H2,1-3H3,(H2,27,28)/t25-/m0/s1. The van der Waals surface area contributed by atoms with Crippen LogP contribution in [0, 0.1) is 17.2 Å². The van der Waals surface area contributed by atoms with Crippen LogP contribution in [0.2, 0.25) is 0 Å². The molecule has 0 aliphatic heterocycles. The second-order valence-electron chi connectivity index (χ2n) is 9.29. The summed E-state index contributed by atoms with van der Waals surface area (Å²) >= 11 is 0. The maximum atomic E-state index is 12.0. The van der Waals surface area contributed by atoms with Crippen molar-refractivity contribution in [2.75, 3.05) is 19.8 Å². The van der Waals surface area contributed by atoms with Crippen LogP contribution in [-0.4, -0.2) is 54.8 Å². The lowest BCUT2D eigenvalue weighted by molar-refractivity contribution is -0.129. The topological polar surface area (TPSA) is 153 Å². The highest BCUT2D eigenvalue weighted by Gasteiger charge is 2.47. The van der Waals surface area contributed by atoms with Crippen LogP contribution in [0.15, 0.2) is 47.4 Å². The van der Waals surface area contributed by atoms with Gasteiger partial charge in [0.05, 0.1) is 29.1 Å². The maximum absolute atomic E-state index is 12.0. The molecule has 0 radical (unpaired) electrons. The molecular weight excluding hydrogens is 458 g/mol. The van der Waals surface area contributed by atoms with Crippen LogP contribution >= 0.6 is 0 Å². The van der Waals surface area contributed by atoms with Crippen LogP contribution < -0.4 is 5.73 Å². The van der Waals surface area contributed by atoms with Crippen LogP contribution in [0.1, 0.15) is 36.8 Å². The third kappa shape index (κ3) is 4.17. The predicted octanol–water partition coefficient (Wildman–Crippen LogP) is 2.65. The number of anilines is 1. The number of hydrogen-bond donors (Lipinski definition) is 1. The summed E-state index contributed by atoms with van der Waals surface area (Å²) in [5.41, 5.74) is 8.48. The Morgan fingerprint density at radius 3 is 2.64 bits per heavy atom. The molecular formula is C25H25N9O2. The van der Waals surface area contributed by atoms with Gasteiger partial charge in [-0.2, -0.15) is 15.3 Å². The molecule has 1 atom stereocenters. The van der Waals surface area contributed by atoms with Gasteiger partial charge >= 0.3 is 0 Å². The van der Waals surface area contributed by atoms with E-state index in [0.29, 0.717) is 28.9 Å². The normalized spacial score (nSPS) is 14.7. The van der Waals surface area contributed by atoms with Gasteiger partial charge < -0.3 is 15.2 Å². The zero-order valence-electron chi connectivity index (χ0n) is 20.2. The average molecular weight is 484 g/mol. The molecule has 4 aromatic rings. The van der Waals surface area contributed by atoms with E-state index in [-0.39, 0.29) is 24.0 Å². The summed E-state index contributed by atoms with van der Waals surface area (Å²) in [7, 11) is 3.41. The minimum Gasteiger partial charge on any atom is -0.381 e. The smallest absolute Gasteiger partial charge is 0.261 e. The number of nitrogens with two attached hydrogens (primary N) is 1. The van der Waals surface area contributed by atoms with Gasteiger partial charge in [-0.1, -0.05) is 29.4 Å². The Hall–Kier alpha value is -4.59. The van der Waals surface area contributed by atoms with Crippen molar-refractivity contribution in [3.8, 4) is 28.8 Å². The van der Waals surface area contributed by atoms with Gasteiger partial charge in [-0.15, -0.1) is 0 Å². The van der Waals surface area contributed by atoms with E-state index in [2.05, 4.69) is 27.1 Å². The lowest BCUT2D eigenvalue weighted by atomic mass is 9.77. The highest BCUT2D eigenvalue weighted by molar-refractivity contribution is 5.75. The molecule has 2 N–H and O–H groups in total. The van der Waals surface area contributed by atoms with E-state index in [1.807, 2.05) is 30.3 Å². The number of carbonyl (C=O) groups excluding carboxylic acids is 1. The molecule has 0 bridgehead atoms. The van der Waals surface area contributed by atoms with Crippen molar-refractivity contribution in [2.24, 2.45) is 5.92 Å². The molecule has 0 saturated heterocycles. The highest BCUT2D eigenvalue weighted by Crippen LogP contribution is 2.50. The molecule has 11 heteroatoms. The van der Waals surface area contributed by atoms with Gasteiger partial charge in [0.2, 0.25) is 5.91 Å². The summed E-state index contributed by atoms with van der Waals surface area (Å²) in [5, 5.41) is 17.8. The van der Waals surface area contributed by atoms with Gasteiger partial charge in [0.15, 0.2) is 17.3 Å². The maximum Gasteiger partial charge on any atom is 0.261 e. The van der Waals surface area contributed by atoms with Crippen molar-refractivity contribution in [1.29, 1.82) is 5.26 Å². The van der Waals surface area contributed by atoms with Crippen LogP contribution in [0.4, 0.5) is 5.82 Å². The number of rotatable bonds is 7. The molecule has 1 aliphatic rings. The van der Waals surface area contributed by atoms with Gasteiger partial charge in [-0.3, -0.25) is 9.48 Å². The first-order valence-electron chi connectivity index (χ1n) is 11.5. The van der Waals surface area contributed by atoms with Gasteiger partial charge in [0.1, 0.15) is 12.6 Å².